The van der Waals surface area contributed by atoms with Crippen LogP contribution < -0.4 is 9.64 Å². The number of hydrogen-bond acceptors (Lipinski definition) is 7. The first-order valence-corrected chi connectivity index (χ1v) is 15.1. The van der Waals surface area contributed by atoms with E-state index in [1.54, 1.807) is 38.0 Å². The van der Waals surface area contributed by atoms with Crippen molar-refractivity contribution in [2.24, 2.45) is 0 Å². The second-order valence-electron chi connectivity index (χ2n) is 11.3. The summed E-state index contributed by atoms with van der Waals surface area (Å²) in [4.78, 5) is 29.3. The fourth-order valence-corrected chi connectivity index (χ4v) is 6.36. The normalized spacial score (nSPS) is 14.4. The van der Waals surface area contributed by atoms with Gasteiger partial charge in [0.1, 0.15) is 17.1 Å². The summed E-state index contributed by atoms with van der Waals surface area (Å²) < 4.78 is 38.4. The van der Waals surface area contributed by atoms with Crippen LogP contribution in [0.1, 0.15) is 50.3 Å². The third-order valence-corrected chi connectivity index (χ3v) is 9.11. The molecule has 0 bridgehead atoms. The minimum absolute atomic E-state index is 0.0154. The van der Waals surface area contributed by atoms with Crippen molar-refractivity contribution in [3.05, 3.63) is 53.1 Å². The summed E-state index contributed by atoms with van der Waals surface area (Å²) in [5, 5.41) is 0. The Morgan fingerprint density at radius 2 is 1.60 bits per heavy atom. The van der Waals surface area contributed by atoms with Crippen molar-refractivity contribution >= 4 is 27.6 Å². The predicted molar refractivity (Wildman–Crippen MR) is 157 cm³/mol. The molecule has 1 aliphatic rings. The summed E-state index contributed by atoms with van der Waals surface area (Å²) in [5.41, 5.74) is 2.82. The monoisotopic (exact) mass is 573 g/mol. The molecular weight excluding hydrogens is 530 g/mol. The molecule has 0 N–H and O–H groups in total. The third-order valence-electron chi connectivity index (χ3n) is 6.94. The SMILES string of the molecule is COc1cc(C)c(S(=O)(=O)N(C)CCC(=O)CCc2cccc(N3CCN(C(=O)OC(C)(C)C)CC3)c2)c(C)c1. The molecule has 0 atom stereocenters. The molecule has 0 saturated carbocycles. The molecule has 1 fully saturated rings. The number of carbonyl (C=O) groups excluding carboxylic acids is 2. The zero-order chi connectivity index (χ0) is 29.7. The summed E-state index contributed by atoms with van der Waals surface area (Å²) in [6, 6.07) is 11.5. The lowest BCUT2D eigenvalue weighted by Gasteiger charge is -2.36. The van der Waals surface area contributed by atoms with Crippen molar-refractivity contribution < 1.29 is 27.5 Å². The minimum Gasteiger partial charge on any atom is -0.497 e. The highest BCUT2D eigenvalue weighted by atomic mass is 32.2. The van der Waals surface area contributed by atoms with E-state index < -0.39 is 15.6 Å². The van der Waals surface area contributed by atoms with Gasteiger partial charge in [-0.1, -0.05) is 12.1 Å². The maximum absolute atomic E-state index is 13.2. The fraction of sp³-hybridized carbons (Fsp3) is 0.533. The van der Waals surface area contributed by atoms with Gasteiger partial charge in [0.05, 0.1) is 12.0 Å². The standard InChI is InChI=1S/C30H43N3O6S/c1-22-19-27(38-7)20-23(2)28(22)40(36,37)31(6)14-13-26(34)12-11-24-9-8-10-25(21-24)32-15-17-33(18-16-32)29(35)39-30(3,4)5/h8-10,19-21H,11-18H2,1-7H3. The summed E-state index contributed by atoms with van der Waals surface area (Å²) in [6.45, 7) is 11.8. The van der Waals surface area contributed by atoms with Crippen LogP contribution in [0.4, 0.5) is 10.5 Å². The minimum atomic E-state index is -3.74. The highest BCUT2D eigenvalue weighted by Crippen LogP contribution is 2.28. The summed E-state index contributed by atoms with van der Waals surface area (Å²) >= 11 is 0. The largest absolute Gasteiger partial charge is 0.497 e. The molecule has 0 unspecified atom stereocenters. The number of nitrogens with zero attached hydrogens (tertiary/aromatic N) is 3. The van der Waals surface area contributed by atoms with E-state index in [0.717, 1.165) is 11.3 Å². The quantitative estimate of drug-likeness (QED) is 0.410. The number of aryl methyl sites for hydroxylation is 3. The predicted octanol–water partition coefficient (Wildman–Crippen LogP) is 4.58. The number of rotatable bonds is 10. The second kappa shape index (κ2) is 13.0. The lowest BCUT2D eigenvalue weighted by Crippen LogP contribution is -2.50. The number of sulfonamides is 1. The van der Waals surface area contributed by atoms with Gasteiger partial charge in [0.15, 0.2) is 0 Å². The number of methoxy groups -OCH3 is 1. The smallest absolute Gasteiger partial charge is 0.410 e. The van der Waals surface area contributed by atoms with Gasteiger partial charge in [0.25, 0.3) is 0 Å². The molecule has 0 aromatic heterocycles. The Morgan fingerprint density at radius 1 is 0.975 bits per heavy atom. The van der Waals surface area contributed by atoms with Gasteiger partial charge in [-0.05, 0) is 82.0 Å². The topological polar surface area (TPSA) is 96.5 Å². The van der Waals surface area contributed by atoms with Gasteiger partial charge < -0.3 is 19.3 Å². The Bertz CT molecular complexity index is 1290. The number of benzene rings is 2. The van der Waals surface area contributed by atoms with Crippen LogP contribution in [-0.2, 0) is 26.0 Å². The van der Waals surface area contributed by atoms with Crippen molar-refractivity contribution in [2.75, 3.05) is 51.8 Å². The average Bonchev–Trinajstić information content (AvgIpc) is 2.89. The lowest BCUT2D eigenvalue weighted by atomic mass is 10.0. The van der Waals surface area contributed by atoms with Gasteiger partial charge in [0.2, 0.25) is 10.0 Å². The molecular formula is C30H43N3O6S. The maximum atomic E-state index is 13.2. The summed E-state index contributed by atoms with van der Waals surface area (Å²) in [7, 11) is -0.678. The zero-order valence-electron chi connectivity index (χ0n) is 24.8. The van der Waals surface area contributed by atoms with E-state index in [4.69, 9.17) is 9.47 Å². The van der Waals surface area contributed by atoms with E-state index in [9.17, 15) is 18.0 Å². The molecule has 1 aliphatic heterocycles. The van der Waals surface area contributed by atoms with Crippen molar-refractivity contribution in [1.82, 2.24) is 9.21 Å². The number of ether oxygens (including phenoxy) is 2. The molecule has 3 rings (SSSR count). The number of anilines is 1. The van der Waals surface area contributed by atoms with E-state index >= 15 is 0 Å². The van der Waals surface area contributed by atoms with Crippen LogP contribution in [0.3, 0.4) is 0 Å². The number of amides is 1. The van der Waals surface area contributed by atoms with Gasteiger partial charge in [-0.25, -0.2) is 17.5 Å². The fourth-order valence-electron chi connectivity index (χ4n) is 4.78. The van der Waals surface area contributed by atoms with Crippen molar-refractivity contribution in [1.29, 1.82) is 0 Å². The maximum Gasteiger partial charge on any atom is 0.410 e. The highest BCUT2D eigenvalue weighted by Gasteiger charge is 2.27. The van der Waals surface area contributed by atoms with Crippen LogP contribution in [0.2, 0.25) is 0 Å². The molecule has 10 heteroatoms. The molecule has 0 aliphatic carbocycles. The van der Waals surface area contributed by atoms with Gasteiger partial charge >= 0.3 is 6.09 Å². The van der Waals surface area contributed by atoms with Crippen molar-refractivity contribution in [2.45, 2.75) is 64.4 Å². The van der Waals surface area contributed by atoms with Crippen molar-refractivity contribution in [3.63, 3.8) is 0 Å². The molecule has 1 amide bonds. The van der Waals surface area contributed by atoms with Crippen molar-refractivity contribution in [3.8, 4) is 5.75 Å². The summed E-state index contributed by atoms with van der Waals surface area (Å²) in [6.07, 6.45) is 0.783. The Morgan fingerprint density at radius 3 is 2.17 bits per heavy atom. The number of hydrogen-bond donors (Lipinski definition) is 0. The Kier molecular flexibility index (Phi) is 10.2. The van der Waals surface area contributed by atoms with Crippen LogP contribution >= 0.6 is 0 Å². The number of carbonyl (C=O) groups is 2. The van der Waals surface area contributed by atoms with E-state index in [0.29, 0.717) is 55.9 Å². The third kappa shape index (κ3) is 8.20. The number of Topliss-reactive ketones (excluding diaryl/α,β-unsaturated/α-hetero) is 1. The molecule has 1 saturated heterocycles. The van der Waals surface area contributed by atoms with Crippen LogP contribution in [0.25, 0.3) is 0 Å². The molecule has 2 aromatic rings. The van der Waals surface area contributed by atoms with Crippen LogP contribution in [-0.4, -0.2) is 82.0 Å². The first-order chi connectivity index (χ1) is 18.7. The zero-order valence-corrected chi connectivity index (χ0v) is 25.6. The van der Waals surface area contributed by atoms with Gasteiger partial charge in [-0.15, -0.1) is 0 Å². The van der Waals surface area contributed by atoms with Gasteiger partial charge in [-0.3, -0.25) is 4.79 Å². The second-order valence-corrected chi connectivity index (χ2v) is 13.3. The molecule has 1 heterocycles. The lowest BCUT2D eigenvalue weighted by molar-refractivity contribution is -0.119. The molecule has 220 valence electrons. The average molecular weight is 574 g/mol. The number of ketones is 1. The molecule has 0 radical (unpaired) electrons. The van der Waals surface area contributed by atoms with Gasteiger partial charge in [0, 0.05) is 58.3 Å². The molecule has 0 spiro atoms. The van der Waals surface area contributed by atoms with E-state index in [-0.39, 0.29) is 29.7 Å². The molecule has 2 aromatic carbocycles. The molecule has 9 nitrogen and oxygen atoms in total. The van der Waals surface area contributed by atoms with E-state index in [1.165, 1.54) is 11.4 Å². The number of piperazine rings is 1. The summed E-state index contributed by atoms with van der Waals surface area (Å²) in [5.74, 6) is 0.625. The van der Waals surface area contributed by atoms with Crippen LogP contribution in [0.5, 0.6) is 5.75 Å². The molecule has 40 heavy (non-hydrogen) atoms. The van der Waals surface area contributed by atoms with Crippen LogP contribution in [0.15, 0.2) is 41.3 Å². The first kappa shape index (κ1) is 31.4. The Hall–Kier alpha value is -3.11. The van der Waals surface area contributed by atoms with E-state index in [1.807, 2.05) is 39.0 Å². The Labute approximate surface area is 239 Å². The first-order valence-electron chi connectivity index (χ1n) is 13.7. The van der Waals surface area contributed by atoms with Crippen LogP contribution in [0, 0.1) is 13.8 Å². The Balaban J connectivity index is 1.51. The highest BCUT2D eigenvalue weighted by molar-refractivity contribution is 7.89. The van der Waals surface area contributed by atoms with Gasteiger partial charge in [-0.2, -0.15) is 0 Å². The van der Waals surface area contributed by atoms with E-state index in [2.05, 4.69) is 11.0 Å².